The van der Waals surface area contributed by atoms with Crippen LogP contribution in [0.2, 0.25) is 0 Å². The molecule has 24 heavy (non-hydrogen) atoms. The van der Waals surface area contributed by atoms with Crippen LogP contribution in [-0.4, -0.2) is 93.0 Å². The predicted octanol–water partition coefficient (Wildman–Crippen LogP) is 0.0864. The fourth-order valence-corrected chi connectivity index (χ4v) is 3.69. The highest BCUT2D eigenvalue weighted by Gasteiger charge is 2.22. The first kappa shape index (κ1) is 20.1. The van der Waals surface area contributed by atoms with Crippen LogP contribution in [0.4, 0.5) is 0 Å². The summed E-state index contributed by atoms with van der Waals surface area (Å²) in [6, 6.07) is 2.25. The molecule has 142 valence electrons. The molecule has 2 aliphatic heterocycles. The Hall–Kier alpha value is -0.240. The summed E-state index contributed by atoms with van der Waals surface area (Å²) in [7, 11) is 0. The zero-order valence-electron chi connectivity index (χ0n) is 16.0. The number of piperazine rings is 2. The van der Waals surface area contributed by atoms with E-state index in [0.29, 0.717) is 24.2 Å². The van der Waals surface area contributed by atoms with Crippen LogP contribution >= 0.6 is 0 Å². The van der Waals surface area contributed by atoms with Crippen LogP contribution in [0.5, 0.6) is 0 Å². The summed E-state index contributed by atoms with van der Waals surface area (Å²) in [6.45, 7) is 16.0. The molecule has 2 aliphatic rings. The van der Waals surface area contributed by atoms with Gasteiger partial charge in [0.05, 0.1) is 0 Å². The van der Waals surface area contributed by atoms with E-state index in [2.05, 4.69) is 41.2 Å². The van der Waals surface area contributed by atoms with Crippen molar-refractivity contribution >= 4 is 0 Å². The SMILES string of the molecule is CC(C)N1CCN[C@H](CCOCCC(C)N2CCN[C@H](CN)C2)C1. The van der Waals surface area contributed by atoms with E-state index in [1.165, 1.54) is 6.54 Å². The lowest BCUT2D eigenvalue weighted by Crippen LogP contribution is -2.55. The van der Waals surface area contributed by atoms with E-state index in [4.69, 9.17) is 10.5 Å². The minimum Gasteiger partial charge on any atom is -0.381 e. The molecule has 3 atom stereocenters. The highest BCUT2D eigenvalue weighted by Crippen LogP contribution is 2.09. The van der Waals surface area contributed by atoms with Gasteiger partial charge in [0.25, 0.3) is 0 Å². The molecule has 4 N–H and O–H groups in total. The number of hydrogen-bond acceptors (Lipinski definition) is 6. The Balaban J connectivity index is 1.54. The van der Waals surface area contributed by atoms with Gasteiger partial charge in [0.2, 0.25) is 0 Å². The molecule has 2 heterocycles. The van der Waals surface area contributed by atoms with Crippen LogP contribution in [-0.2, 0) is 4.74 Å². The number of nitrogens with one attached hydrogen (secondary N) is 2. The Kier molecular flexibility index (Phi) is 8.94. The van der Waals surface area contributed by atoms with Gasteiger partial charge < -0.3 is 21.1 Å². The summed E-state index contributed by atoms with van der Waals surface area (Å²) >= 11 is 0. The van der Waals surface area contributed by atoms with Gasteiger partial charge in [-0.05, 0) is 33.6 Å². The maximum absolute atomic E-state index is 5.92. The lowest BCUT2D eigenvalue weighted by atomic mass is 10.1. The topological polar surface area (TPSA) is 65.8 Å². The minimum absolute atomic E-state index is 0.448. The molecule has 0 saturated carbocycles. The lowest BCUT2D eigenvalue weighted by Gasteiger charge is -2.37. The van der Waals surface area contributed by atoms with Gasteiger partial charge >= 0.3 is 0 Å². The van der Waals surface area contributed by atoms with E-state index in [1.54, 1.807) is 0 Å². The third kappa shape index (κ3) is 6.58. The van der Waals surface area contributed by atoms with Crippen molar-refractivity contribution in [1.82, 2.24) is 20.4 Å². The van der Waals surface area contributed by atoms with Crippen LogP contribution in [0.3, 0.4) is 0 Å². The molecule has 2 saturated heterocycles. The molecule has 6 heteroatoms. The second-order valence-electron chi connectivity index (χ2n) is 7.66. The quantitative estimate of drug-likeness (QED) is 0.517. The van der Waals surface area contributed by atoms with Crippen molar-refractivity contribution in [2.45, 2.75) is 57.8 Å². The molecule has 0 spiro atoms. The van der Waals surface area contributed by atoms with E-state index in [9.17, 15) is 0 Å². The van der Waals surface area contributed by atoms with Gasteiger partial charge in [0, 0.05) is 83.2 Å². The first-order valence-electron chi connectivity index (χ1n) is 9.82. The Bertz CT molecular complexity index is 341. The first-order chi connectivity index (χ1) is 11.6. The van der Waals surface area contributed by atoms with Gasteiger partial charge in [-0.2, -0.15) is 0 Å². The van der Waals surface area contributed by atoms with Crippen molar-refractivity contribution < 1.29 is 4.74 Å². The predicted molar refractivity (Wildman–Crippen MR) is 100 cm³/mol. The van der Waals surface area contributed by atoms with Crippen LogP contribution in [0.15, 0.2) is 0 Å². The normalized spacial score (nSPS) is 28.4. The van der Waals surface area contributed by atoms with Crippen molar-refractivity contribution in [2.75, 3.05) is 59.0 Å². The van der Waals surface area contributed by atoms with E-state index < -0.39 is 0 Å². The van der Waals surface area contributed by atoms with Crippen LogP contribution in [0.1, 0.15) is 33.6 Å². The fraction of sp³-hybridized carbons (Fsp3) is 1.00. The minimum atomic E-state index is 0.448. The molecular formula is C18H39N5O. The van der Waals surface area contributed by atoms with Crippen molar-refractivity contribution in [1.29, 1.82) is 0 Å². The smallest absolute Gasteiger partial charge is 0.0481 e. The maximum Gasteiger partial charge on any atom is 0.0481 e. The van der Waals surface area contributed by atoms with E-state index in [1.807, 2.05) is 0 Å². The molecule has 0 aromatic heterocycles. The Morgan fingerprint density at radius 3 is 2.38 bits per heavy atom. The average Bonchev–Trinajstić information content (AvgIpc) is 2.61. The number of rotatable bonds is 9. The van der Waals surface area contributed by atoms with Crippen molar-refractivity contribution in [3.8, 4) is 0 Å². The molecule has 0 radical (unpaired) electrons. The van der Waals surface area contributed by atoms with Crippen LogP contribution < -0.4 is 16.4 Å². The standard InChI is InChI=1S/C18H39N5O/c1-15(2)22-8-6-20-17(13-22)5-11-24-10-4-16(3)23-9-7-21-18(12-19)14-23/h15-18,20-21H,4-14,19H2,1-3H3/t16?,17-,18-/m1/s1. The fourth-order valence-electron chi connectivity index (χ4n) is 3.69. The average molecular weight is 342 g/mol. The Labute approximate surface area is 148 Å². The number of nitrogens with zero attached hydrogens (tertiary/aromatic N) is 2. The molecule has 0 aromatic rings. The molecule has 0 aliphatic carbocycles. The summed E-state index contributed by atoms with van der Waals surface area (Å²) in [4.78, 5) is 5.10. The molecule has 0 aromatic carbocycles. The van der Waals surface area contributed by atoms with Gasteiger partial charge in [-0.15, -0.1) is 0 Å². The number of hydrogen-bond donors (Lipinski definition) is 3. The van der Waals surface area contributed by atoms with E-state index in [-0.39, 0.29) is 0 Å². The lowest BCUT2D eigenvalue weighted by molar-refractivity contribution is 0.0763. The van der Waals surface area contributed by atoms with Gasteiger partial charge in [0.15, 0.2) is 0 Å². The zero-order chi connectivity index (χ0) is 17.4. The van der Waals surface area contributed by atoms with Crippen molar-refractivity contribution in [2.24, 2.45) is 5.73 Å². The van der Waals surface area contributed by atoms with Crippen LogP contribution in [0.25, 0.3) is 0 Å². The number of ether oxygens (including phenoxy) is 1. The summed E-state index contributed by atoms with van der Waals surface area (Å²) < 4.78 is 5.92. The monoisotopic (exact) mass is 341 g/mol. The number of nitrogens with two attached hydrogens (primary N) is 1. The second kappa shape index (κ2) is 10.7. The highest BCUT2D eigenvalue weighted by molar-refractivity contribution is 4.82. The van der Waals surface area contributed by atoms with Gasteiger partial charge in [-0.3, -0.25) is 9.80 Å². The molecule has 6 nitrogen and oxygen atoms in total. The summed E-state index contributed by atoms with van der Waals surface area (Å²) in [5, 5.41) is 7.09. The Morgan fingerprint density at radius 1 is 1.00 bits per heavy atom. The Morgan fingerprint density at radius 2 is 1.67 bits per heavy atom. The summed E-state index contributed by atoms with van der Waals surface area (Å²) in [6.07, 6.45) is 2.22. The first-order valence-corrected chi connectivity index (χ1v) is 9.82. The van der Waals surface area contributed by atoms with E-state index in [0.717, 1.165) is 65.3 Å². The van der Waals surface area contributed by atoms with Crippen molar-refractivity contribution in [3.63, 3.8) is 0 Å². The van der Waals surface area contributed by atoms with Gasteiger partial charge in [-0.1, -0.05) is 0 Å². The zero-order valence-corrected chi connectivity index (χ0v) is 16.0. The molecule has 0 bridgehead atoms. The third-order valence-corrected chi connectivity index (χ3v) is 5.50. The largest absolute Gasteiger partial charge is 0.381 e. The molecule has 2 fully saturated rings. The maximum atomic E-state index is 5.92. The highest BCUT2D eigenvalue weighted by atomic mass is 16.5. The summed E-state index contributed by atoms with van der Waals surface area (Å²) in [5.41, 5.74) is 5.78. The van der Waals surface area contributed by atoms with Gasteiger partial charge in [0.1, 0.15) is 0 Å². The third-order valence-electron chi connectivity index (χ3n) is 5.50. The molecule has 0 amide bonds. The second-order valence-corrected chi connectivity index (χ2v) is 7.66. The molecule has 1 unspecified atom stereocenters. The molecular weight excluding hydrogens is 302 g/mol. The summed E-state index contributed by atoms with van der Waals surface area (Å²) in [5.74, 6) is 0. The van der Waals surface area contributed by atoms with E-state index >= 15 is 0 Å². The van der Waals surface area contributed by atoms with Gasteiger partial charge in [-0.25, -0.2) is 0 Å². The van der Waals surface area contributed by atoms with Crippen LogP contribution in [0, 0.1) is 0 Å². The molecule has 2 rings (SSSR count). The van der Waals surface area contributed by atoms with Crippen molar-refractivity contribution in [3.05, 3.63) is 0 Å².